The molecule has 0 bridgehead atoms. The molecule has 0 N–H and O–H groups in total. The molecule has 5 heteroatoms. The molecule has 0 aliphatic rings. The van der Waals surface area contributed by atoms with Crippen molar-refractivity contribution < 1.29 is 0 Å². The Balaban J connectivity index is 2.60. The maximum atomic E-state index is 12.4. The molecule has 0 amide bonds. The highest BCUT2D eigenvalue weighted by Gasteiger charge is 2.10. The number of aromatic nitrogens is 2. The van der Waals surface area contributed by atoms with Gasteiger partial charge < -0.3 is 0 Å². The molecule has 0 saturated carbocycles. The van der Waals surface area contributed by atoms with Crippen LogP contribution in [0, 0.1) is 11.8 Å². The molecule has 0 aliphatic heterocycles. The van der Waals surface area contributed by atoms with E-state index in [2.05, 4.69) is 32.8 Å². The molecule has 0 saturated heterocycles. The van der Waals surface area contributed by atoms with Crippen molar-refractivity contribution in [3.63, 3.8) is 0 Å². The number of rotatable bonds is 3. The van der Waals surface area contributed by atoms with Crippen molar-refractivity contribution in [3.05, 3.63) is 33.0 Å². The SMILES string of the molecule is CC#CCSc1nc2ccc(Br)cc2c(=O)n1CC. The Hall–Kier alpha value is -1.25. The van der Waals surface area contributed by atoms with Gasteiger partial charge in [0.15, 0.2) is 5.16 Å². The average molecular weight is 337 g/mol. The maximum Gasteiger partial charge on any atom is 0.262 e. The molecule has 2 rings (SSSR count). The van der Waals surface area contributed by atoms with Crippen LogP contribution in [-0.4, -0.2) is 15.3 Å². The fourth-order valence-corrected chi connectivity index (χ4v) is 2.97. The van der Waals surface area contributed by atoms with Crippen LogP contribution in [0.25, 0.3) is 10.9 Å². The lowest BCUT2D eigenvalue weighted by atomic mass is 10.2. The van der Waals surface area contributed by atoms with Gasteiger partial charge in [0.1, 0.15) is 0 Å². The van der Waals surface area contributed by atoms with E-state index in [9.17, 15) is 4.79 Å². The Kier molecular flexibility index (Phi) is 4.67. The van der Waals surface area contributed by atoms with E-state index < -0.39 is 0 Å². The van der Waals surface area contributed by atoms with Crippen LogP contribution in [0.15, 0.2) is 32.6 Å². The van der Waals surface area contributed by atoms with E-state index in [0.717, 1.165) is 15.1 Å². The summed E-state index contributed by atoms with van der Waals surface area (Å²) in [6.07, 6.45) is 0. The minimum atomic E-state index is 0.000702. The van der Waals surface area contributed by atoms with Crippen LogP contribution in [0.4, 0.5) is 0 Å². The van der Waals surface area contributed by atoms with Crippen molar-refractivity contribution in [2.45, 2.75) is 25.5 Å². The standard InChI is InChI=1S/C14H13BrN2OS/c1-3-5-8-19-14-16-12-7-6-10(15)9-11(12)13(18)17(14)4-2/h6-7,9H,4,8H2,1-2H3. The zero-order valence-corrected chi connectivity index (χ0v) is 13.1. The minimum Gasteiger partial charge on any atom is -0.287 e. The Morgan fingerprint density at radius 3 is 2.95 bits per heavy atom. The van der Waals surface area contributed by atoms with Gasteiger partial charge in [-0.15, -0.1) is 5.92 Å². The summed E-state index contributed by atoms with van der Waals surface area (Å²) >= 11 is 4.88. The molecule has 1 aromatic carbocycles. The summed E-state index contributed by atoms with van der Waals surface area (Å²) in [5.41, 5.74) is 0.727. The molecule has 0 unspecified atom stereocenters. The van der Waals surface area contributed by atoms with Crippen molar-refractivity contribution in [1.29, 1.82) is 0 Å². The van der Waals surface area contributed by atoms with Crippen LogP contribution in [0.5, 0.6) is 0 Å². The van der Waals surface area contributed by atoms with Crippen molar-refractivity contribution >= 4 is 38.6 Å². The first kappa shape index (κ1) is 14.2. The lowest BCUT2D eigenvalue weighted by Gasteiger charge is -2.10. The second-order valence-corrected chi connectivity index (χ2v) is 5.68. The van der Waals surface area contributed by atoms with Gasteiger partial charge in [-0.2, -0.15) is 0 Å². The Bertz CT molecular complexity index is 728. The topological polar surface area (TPSA) is 34.9 Å². The smallest absolute Gasteiger partial charge is 0.262 e. The molecule has 19 heavy (non-hydrogen) atoms. The molecule has 0 atom stereocenters. The largest absolute Gasteiger partial charge is 0.287 e. The van der Waals surface area contributed by atoms with Gasteiger partial charge in [0.2, 0.25) is 0 Å². The van der Waals surface area contributed by atoms with Crippen molar-refractivity contribution in [2.24, 2.45) is 0 Å². The van der Waals surface area contributed by atoms with E-state index in [1.165, 1.54) is 11.8 Å². The summed E-state index contributed by atoms with van der Waals surface area (Å²) in [6.45, 7) is 4.36. The van der Waals surface area contributed by atoms with Gasteiger partial charge in [-0.05, 0) is 32.0 Å². The van der Waals surface area contributed by atoms with Crippen LogP contribution < -0.4 is 5.56 Å². The van der Waals surface area contributed by atoms with Gasteiger partial charge in [0, 0.05) is 11.0 Å². The van der Waals surface area contributed by atoms with Gasteiger partial charge in [0.25, 0.3) is 5.56 Å². The summed E-state index contributed by atoms with van der Waals surface area (Å²) in [4.78, 5) is 17.0. The second kappa shape index (κ2) is 6.27. The third-order valence-electron chi connectivity index (χ3n) is 2.65. The van der Waals surface area contributed by atoms with Gasteiger partial charge in [-0.25, -0.2) is 4.98 Å². The van der Waals surface area contributed by atoms with Crippen LogP contribution in [0.2, 0.25) is 0 Å². The van der Waals surface area contributed by atoms with Crippen molar-refractivity contribution in [2.75, 3.05) is 5.75 Å². The summed E-state index contributed by atoms with van der Waals surface area (Å²) in [7, 11) is 0. The van der Waals surface area contributed by atoms with E-state index in [4.69, 9.17) is 0 Å². The highest BCUT2D eigenvalue weighted by Crippen LogP contribution is 2.20. The molecular weight excluding hydrogens is 324 g/mol. The quantitative estimate of drug-likeness (QED) is 0.490. The number of hydrogen-bond acceptors (Lipinski definition) is 3. The van der Waals surface area contributed by atoms with Gasteiger partial charge in [0.05, 0.1) is 16.7 Å². The van der Waals surface area contributed by atoms with E-state index in [0.29, 0.717) is 17.7 Å². The maximum absolute atomic E-state index is 12.4. The van der Waals surface area contributed by atoms with Crippen molar-refractivity contribution in [3.8, 4) is 11.8 Å². The average Bonchev–Trinajstić information content (AvgIpc) is 2.40. The molecule has 98 valence electrons. The zero-order valence-electron chi connectivity index (χ0n) is 10.7. The van der Waals surface area contributed by atoms with Crippen molar-refractivity contribution in [1.82, 2.24) is 9.55 Å². The predicted molar refractivity (Wildman–Crippen MR) is 83.6 cm³/mol. The second-order valence-electron chi connectivity index (χ2n) is 3.82. The first-order valence-corrected chi connectivity index (χ1v) is 7.67. The summed E-state index contributed by atoms with van der Waals surface area (Å²) in [5, 5.41) is 1.37. The predicted octanol–water partition coefficient (Wildman–Crippen LogP) is 3.29. The molecule has 1 heterocycles. The molecular formula is C14H13BrN2OS. The summed E-state index contributed by atoms with van der Waals surface area (Å²) in [6, 6.07) is 5.57. The number of fused-ring (bicyclic) bond motifs is 1. The van der Waals surface area contributed by atoms with E-state index in [1.807, 2.05) is 25.1 Å². The highest BCUT2D eigenvalue weighted by molar-refractivity contribution is 9.10. The van der Waals surface area contributed by atoms with E-state index >= 15 is 0 Å². The highest BCUT2D eigenvalue weighted by atomic mass is 79.9. The number of nitrogens with zero attached hydrogens (tertiary/aromatic N) is 2. The lowest BCUT2D eigenvalue weighted by molar-refractivity contribution is 0.635. The zero-order chi connectivity index (χ0) is 13.8. The third kappa shape index (κ3) is 3.02. The Morgan fingerprint density at radius 2 is 2.26 bits per heavy atom. The molecule has 0 spiro atoms. The lowest BCUT2D eigenvalue weighted by Crippen LogP contribution is -2.22. The number of hydrogen-bond donors (Lipinski definition) is 0. The molecule has 3 nitrogen and oxygen atoms in total. The fourth-order valence-electron chi connectivity index (χ4n) is 1.73. The number of thioether (sulfide) groups is 1. The van der Waals surface area contributed by atoms with Gasteiger partial charge in [-0.3, -0.25) is 9.36 Å². The van der Waals surface area contributed by atoms with Crippen LogP contribution in [-0.2, 0) is 6.54 Å². The van der Waals surface area contributed by atoms with E-state index in [1.54, 1.807) is 11.5 Å². The third-order valence-corrected chi connectivity index (χ3v) is 4.00. The molecule has 1 aromatic heterocycles. The normalized spacial score (nSPS) is 10.3. The first-order valence-electron chi connectivity index (χ1n) is 5.90. The monoisotopic (exact) mass is 336 g/mol. The number of halogens is 1. The number of benzene rings is 1. The van der Waals surface area contributed by atoms with Crippen LogP contribution in [0.1, 0.15) is 13.8 Å². The molecule has 0 aliphatic carbocycles. The first-order chi connectivity index (χ1) is 9.17. The van der Waals surface area contributed by atoms with Gasteiger partial charge >= 0.3 is 0 Å². The Morgan fingerprint density at radius 1 is 1.47 bits per heavy atom. The molecule has 2 aromatic rings. The van der Waals surface area contributed by atoms with Gasteiger partial charge in [-0.1, -0.05) is 33.6 Å². The Labute approximate surface area is 124 Å². The molecule has 0 radical (unpaired) electrons. The summed E-state index contributed by atoms with van der Waals surface area (Å²) < 4.78 is 2.58. The van der Waals surface area contributed by atoms with Crippen LogP contribution >= 0.6 is 27.7 Å². The molecule has 0 fully saturated rings. The summed E-state index contributed by atoms with van der Waals surface area (Å²) in [5.74, 6) is 6.46. The fraction of sp³-hybridized carbons (Fsp3) is 0.286. The minimum absolute atomic E-state index is 0.000702. The van der Waals surface area contributed by atoms with Crippen LogP contribution in [0.3, 0.4) is 0 Å². The van der Waals surface area contributed by atoms with E-state index in [-0.39, 0.29) is 5.56 Å².